The first-order valence-corrected chi connectivity index (χ1v) is 7.67. The highest BCUT2D eigenvalue weighted by molar-refractivity contribution is 5.34. The van der Waals surface area contributed by atoms with E-state index < -0.39 is 10.7 Å². The third kappa shape index (κ3) is 3.39. The molecule has 1 fully saturated rings. The Morgan fingerprint density at radius 3 is 2.96 bits per heavy atom. The van der Waals surface area contributed by atoms with Gasteiger partial charge in [0.25, 0.3) is 5.69 Å². The van der Waals surface area contributed by atoms with Crippen LogP contribution in [0.1, 0.15) is 24.9 Å². The lowest BCUT2D eigenvalue weighted by atomic mass is 9.93. The highest BCUT2D eigenvalue weighted by atomic mass is 19.1. The summed E-state index contributed by atoms with van der Waals surface area (Å²) in [6, 6.07) is 4.18. The minimum Gasteiger partial charge on any atom is -0.333 e. The van der Waals surface area contributed by atoms with Gasteiger partial charge in [0.1, 0.15) is 5.82 Å². The van der Waals surface area contributed by atoms with Gasteiger partial charge in [0.2, 0.25) is 0 Å². The number of nitro benzene ring substituents is 1. The first-order chi connectivity index (χ1) is 11.0. The van der Waals surface area contributed by atoms with E-state index in [1.54, 1.807) is 6.20 Å². The summed E-state index contributed by atoms with van der Waals surface area (Å²) in [4.78, 5) is 16.4. The molecule has 3 rings (SSSR count). The molecule has 0 bridgehead atoms. The average Bonchev–Trinajstić information content (AvgIpc) is 3.05. The molecule has 122 valence electrons. The number of non-ortho nitro benzene ring substituents is 1. The largest absolute Gasteiger partial charge is 0.333 e. The van der Waals surface area contributed by atoms with Crippen molar-refractivity contribution in [3.8, 4) is 0 Å². The maximum atomic E-state index is 14.1. The van der Waals surface area contributed by atoms with Crippen LogP contribution in [0.5, 0.6) is 0 Å². The van der Waals surface area contributed by atoms with Crippen LogP contribution in [0.3, 0.4) is 0 Å². The van der Waals surface area contributed by atoms with Crippen molar-refractivity contribution in [1.29, 1.82) is 0 Å². The van der Waals surface area contributed by atoms with Crippen LogP contribution in [0.2, 0.25) is 0 Å². The van der Waals surface area contributed by atoms with Gasteiger partial charge in [0, 0.05) is 43.2 Å². The smallest absolute Gasteiger partial charge is 0.272 e. The van der Waals surface area contributed by atoms with E-state index in [0.717, 1.165) is 25.6 Å². The molecule has 0 amide bonds. The van der Waals surface area contributed by atoms with Crippen molar-refractivity contribution >= 4 is 5.69 Å². The van der Waals surface area contributed by atoms with Gasteiger partial charge in [-0.25, -0.2) is 9.37 Å². The van der Waals surface area contributed by atoms with Crippen molar-refractivity contribution in [2.24, 2.45) is 5.92 Å². The molecule has 1 aliphatic heterocycles. The highest BCUT2D eigenvalue weighted by Gasteiger charge is 2.27. The number of halogens is 1. The van der Waals surface area contributed by atoms with Gasteiger partial charge in [-0.05, 0) is 24.9 Å². The standard InChI is InChI=1S/C16H19FN4O2/c1-12-4-6-19(10-16(12)20-7-5-18-11-20)9-13-2-3-14(21(22)23)8-15(13)17/h2-3,5,7-8,11-12,16H,4,6,9-10H2,1H3/t12-,16-/m0/s1. The van der Waals surface area contributed by atoms with Crippen LogP contribution in [0.4, 0.5) is 10.1 Å². The summed E-state index contributed by atoms with van der Waals surface area (Å²) in [5.41, 5.74) is 0.282. The first-order valence-electron chi connectivity index (χ1n) is 7.67. The molecule has 2 heterocycles. The van der Waals surface area contributed by atoms with E-state index in [1.807, 2.05) is 12.5 Å². The number of nitro groups is 1. The highest BCUT2D eigenvalue weighted by Crippen LogP contribution is 2.29. The minimum atomic E-state index is -0.579. The SMILES string of the molecule is C[C@H]1CCN(Cc2ccc([N+](=O)[O-])cc2F)C[C@@H]1n1ccnc1. The number of benzene rings is 1. The minimum absolute atomic E-state index is 0.213. The quantitative estimate of drug-likeness (QED) is 0.642. The number of nitrogens with zero attached hydrogens (tertiary/aromatic N) is 4. The van der Waals surface area contributed by atoms with E-state index in [-0.39, 0.29) is 5.69 Å². The van der Waals surface area contributed by atoms with Crippen LogP contribution in [0, 0.1) is 21.8 Å². The normalized spacial score (nSPS) is 22.2. The molecule has 1 aliphatic rings. The van der Waals surface area contributed by atoms with E-state index in [4.69, 9.17) is 0 Å². The molecule has 0 radical (unpaired) electrons. The summed E-state index contributed by atoms with van der Waals surface area (Å²) < 4.78 is 16.2. The Morgan fingerprint density at radius 2 is 2.30 bits per heavy atom. The molecule has 1 saturated heterocycles. The number of likely N-dealkylation sites (tertiary alicyclic amines) is 1. The molecule has 1 aromatic carbocycles. The van der Waals surface area contributed by atoms with Crippen molar-refractivity contribution in [2.45, 2.75) is 25.9 Å². The summed E-state index contributed by atoms with van der Waals surface area (Å²) in [6.07, 6.45) is 6.56. The monoisotopic (exact) mass is 318 g/mol. The van der Waals surface area contributed by atoms with Gasteiger partial charge < -0.3 is 4.57 Å². The third-order valence-corrected chi connectivity index (χ3v) is 4.55. The predicted molar refractivity (Wildman–Crippen MR) is 83.4 cm³/mol. The summed E-state index contributed by atoms with van der Waals surface area (Å²) in [7, 11) is 0. The van der Waals surface area contributed by atoms with Crippen LogP contribution in [0.25, 0.3) is 0 Å². The fraction of sp³-hybridized carbons (Fsp3) is 0.438. The Labute approximate surface area is 133 Å². The van der Waals surface area contributed by atoms with Gasteiger partial charge in [-0.2, -0.15) is 0 Å². The second kappa shape index (κ2) is 6.45. The topological polar surface area (TPSA) is 64.2 Å². The van der Waals surface area contributed by atoms with E-state index in [0.29, 0.717) is 24.1 Å². The van der Waals surface area contributed by atoms with E-state index in [2.05, 4.69) is 21.4 Å². The number of piperidine rings is 1. The Morgan fingerprint density at radius 1 is 1.48 bits per heavy atom. The summed E-state index contributed by atoms with van der Waals surface area (Å²) in [5, 5.41) is 10.7. The molecular weight excluding hydrogens is 299 g/mol. The molecule has 0 unspecified atom stereocenters. The predicted octanol–water partition coefficient (Wildman–Crippen LogP) is 3.01. The van der Waals surface area contributed by atoms with Gasteiger partial charge >= 0.3 is 0 Å². The lowest BCUT2D eigenvalue weighted by molar-refractivity contribution is -0.385. The zero-order valence-corrected chi connectivity index (χ0v) is 12.9. The van der Waals surface area contributed by atoms with Gasteiger partial charge in [0.05, 0.1) is 17.3 Å². The molecule has 7 heteroatoms. The van der Waals surface area contributed by atoms with E-state index in [9.17, 15) is 14.5 Å². The molecule has 0 spiro atoms. The van der Waals surface area contributed by atoms with Crippen molar-refractivity contribution in [2.75, 3.05) is 13.1 Å². The first kappa shape index (κ1) is 15.6. The molecule has 2 atom stereocenters. The number of rotatable bonds is 4. The second-order valence-corrected chi connectivity index (χ2v) is 6.11. The Bertz CT molecular complexity index is 689. The van der Waals surface area contributed by atoms with Crippen LogP contribution in [-0.2, 0) is 6.54 Å². The molecule has 0 N–H and O–H groups in total. The van der Waals surface area contributed by atoms with Gasteiger partial charge in [-0.15, -0.1) is 0 Å². The van der Waals surface area contributed by atoms with E-state index in [1.165, 1.54) is 12.1 Å². The zero-order chi connectivity index (χ0) is 16.4. The van der Waals surface area contributed by atoms with Crippen molar-refractivity contribution in [3.05, 3.63) is 58.4 Å². The fourth-order valence-corrected chi connectivity index (χ4v) is 3.13. The fourth-order valence-electron chi connectivity index (χ4n) is 3.13. The molecule has 0 aliphatic carbocycles. The van der Waals surface area contributed by atoms with Gasteiger partial charge in [-0.1, -0.05) is 6.92 Å². The summed E-state index contributed by atoms with van der Waals surface area (Å²) >= 11 is 0. The number of imidazole rings is 1. The Kier molecular flexibility index (Phi) is 4.38. The van der Waals surface area contributed by atoms with E-state index >= 15 is 0 Å². The lowest BCUT2D eigenvalue weighted by Crippen LogP contribution is -2.40. The average molecular weight is 318 g/mol. The molecule has 2 aromatic rings. The van der Waals surface area contributed by atoms with Crippen LogP contribution < -0.4 is 0 Å². The summed E-state index contributed by atoms with van der Waals surface area (Å²) in [5.74, 6) is 0.0131. The number of aromatic nitrogens is 2. The maximum Gasteiger partial charge on any atom is 0.272 e. The molecule has 1 aromatic heterocycles. The van der Waals surface area contributed by atoms with Gasteiger partial charge in [0.15, 0.2) is 0 Å². The maximum absolute atomic E-state index is 14.1. The number of hydrogen-bond donors (Lipinski definition) is 0. The van der Waals surface area contributed by atoms with Crippen LogP contribution in [0.15, 0.2) is 36.9 Å². The lowest BCUT2D eigenvalue weighted by Gasteiger charge is -2.37. The van der Waals surface area contributed by atoms with Crippen LogP contribution in [-0.4, -0.2) is 32.5 Å². The number of hydrogen-bond acceptors (Lipinski definition) is 4. The van der Waals surface area contributed by atoms with Gasteiger partial charge in [-0.3, -0.25) is 15.0 Å². The van der Waals surface area contributed by atoms with Crippen molar-refractivity contribution in [3.63, 3.8) is 0 Å². The van der Waals surface area contributed by atoms with Crippen molar-refractivity contribution < 1.29 is 9.31 Å². The Balaban J connectivity index is 1.72. The zero-order valence-electron chi connectivity index (χ0n) is 12.9. The van der Waals surface area contributed by atoms with Crippen LogP contribution >= 0.6 is 0 Å². The molecule has 23 heavy (non-hydrogen) atoms. The molecule has 0 saturated carbocycles. The third-order valence-electron chi connectivity index (χ3n) is 4.55. The second-order valence-electron chi connectivity index (χ2n) is 6.11. The summed E-state index contributed by atoms with van der Waals surface area (Å²) in [6.45, 7) is 4.38. The van der Waals surface area contributed by atoms with Crippen molar-refractivity contribution in [1.82, 2.24) is 14.5 Å². The molecule has 6 nitrogen and oxygen atoms in total. The Hall–Kier alpha value is -2.28. The molecular formula is C16H19FN4O2.